The van der Waals surface area contributed by atoms with Gasteiger partial charge in [-0.2, -0.15) is 0 Å². The molecule has 4 aliphatic rings. The van der Waals surface area contributed by atoms with Crippen LogP contribution in [0.25, 0.3) is 48.6 Å². The lowest BCUT2D eigenvalue weighted by molar-refractivity contribution is -0.385. The summed E-state index contributed by atoms with van der Waals surface area (Å²) in [6, 6.07) is 41.3. The zero-order chi connectivity index (χ0) is 56.3. The average Bonchev–Trinajstić information content (AvgIpc) is 3.48. The first-order valence-corrected chi connectivity index (χ1v) is 30.4. The van der Waals surface area contributed by atoms with E-state index < -0.39 is 0 Å². The van der Waals surface area contributed by atoms with Gasteiger partial charge >= 0.3 is 0 Å². The van der Waals surface area contributed by atoms with Crippen LogP contribution in [0.2, 0.25) is 0 Å². The number of aryl methyl sites for hydroxylation is 4. The van der Waals surface area contributed by atoms with E-state index in [9.17, 15) is 20.2 Å². The number of rotatable bonds is 32. The smallest absolute Gasteiger partial charge is 0.269 e. The van der Waals surface area contributed by atoms with Gasteiger partial charge in [-0.25, -0.2) is 0 Å². The van der Waals surface area contributed by atoms with Gasteiger partial charge in [0.25, 0.3) is 11.4 Å². The lowest BCUT2D eigenvalue weighted by atomic mass is 9.86. The summed E-state index contributed by atoms with van der Waals surface area (Å²) in [6.45, 7) is 13.5. The first-order chi connectivity index (χ1) is 39.1. The van der Waals surface area contributed by atoms with Crippen LogP contribution < -0.4 is 9.80 Å². The van der Waals surface area contributed by atoms with Crippen LogP contribution in [0.4, 0.5) is 22.7 Å². The largest absolute Gasteiger partial charge is 0.372 e. The molecular formula is C72H88N4O4. The second kappa shape index (κ2) is 32.7. The van der Waals surface area contributed by atoms with Crippen molar-refractivity contribution in [3.8, 4) is 0 Å². The Kier molecular flexibility index (Phi) is 24.6. The first kappa shape index (κ1) is 60.3. The van der Waals surface area contributed by atoms with Crippen molar-refractivity contribution in [1.82, 2.24) is 0 Å². The molecule has 0 fully saturated rings. The van der Waals surface area contributed by atoms with Gasteiger partial charge in [0.1, 0.15) is 0 Å². The van der Waals surface area contributed by atoms with Crippen LogP contribution in [-0.2, 0) is 25.7 Å². The lowest BCUT2D eigenvalue weighted by Crippen LogP contribution is -2.25. The van der Waals surface area contributed by atoms with E-state index in [1.54, 1.807) is 48.5 Å². The van der Waals surface area contributed by atoms with E-state index >= 15 is 0 Å². The quantitative estimate of drug-likeness (QED) is 0.0181. The summed E-state index contributed by atoms with van der Waals surface area (Å²) >= 11 is 0. The molecule has 8 nitrogen and oxygen atoms in total. The molecule has 4 bridgehead atoms. The van der Waals surface area contributed by atoms with Crippen molar-refractivity contribution in [2.45, 2.75) is 156 Å². The highest BCUT2D eigenvalue weighted by Gasteiger charge is 2.16. The van der Waals surface area contributed by atoms with Gasteiger partial charge in [-0.1, -0.05) is 202 Å². The van der Waals surface area contributed by atoms with E-state index in [-0.39, 0.29) is 21.2 Å². The normalized spacial score (nSPS) is 12.6. The number of nitro benzene ring substituents is 2. The Morgan fingerprint density at radius 2 is 0.575 bits per heavy atom. The van der Waals surface area contributed by atoms with Gasteiger partial charge in [0.2, 0.25) is 0 Å². The molecule has 10 rings (SSSR count). The van der Waals surface area contributed by atoms with Gasteiger partial charge in [0.15, 0.2) is 0 Å². The minimum atomic E-state index is -0.366. The molecule has 420 valence electrons. The fraction of sp³-hybridized carbons (Fsp3) is 0.389. The second-order valence-electron chi connectivity index (χ2n) is 21.9. The summed E-state index contributed by atoms with van der Waals surface area (Å²) in [5.74, 6) is 0. The molecule has 0 unspecified atom stereocenters. The minimum Gasteiger partial charge on any atom is -0.372 e. The molecule has 0 amide bonds. The Morgan fingerprint density at radius 1 is 0.338 bits per heavy atom. The topological polar surface area (TPSA) is 92.8 Å². The van der Waals surface area contributed by atoms with Gasteiger partial charge in [0, 0.05) is 61.8 Å². The highest BCUT2D eigenvalue weighted by Crippen LogP contribution is 2.32. The molecule has 0 radical (unpaired) electrons. The Bertz CT molecular complexity index is 2760. The summed E-state index contributed by atoms with van der Waals surface area (Å²) in [7, 11) is 0. The van der Waals surface area contributed by atoms with Crippen LogP contribution in [0, 0.1) is 20.2 Å². The summed E-state index contributed by atoms with van der Waals surface area (Å²) in [5, 5.41) is 22.9. The Labute approximate surface area is 479 Å². The number of nitro groups is 2. The van der Waals surface area contributed by atoms with Crippen LogP contribution >= 0.6 is 0 Å². The van der Waals surface area contributed by atoms with Crippen molar-refractivity contribution in [3.63, 3.8) is 0 Å². The van der Waals surface area contributed by atoms with Crippen LogP contribution in [0.5, 0.6) is 0 Å². The van der Waals surface area contributed by atoms with Gasteiger partial charge in [-0.05, 0) is 167 Å². The molecule has 4 aliphatic carbocycles. The molecule has 0 spiro atoms. The van der Waals surface area contributed by atoms with Gasteiger partial charge in [-0.3, -0.25) is 20.2 Å². The van der Waals surface area contributed by atoms with Crippen molar-refractivity contribution in [3.05, 3.63) is 208 Å². The van der Waals surface area contributed by atoms with Crippen molar-refractivity contribution >= 4 is 71.4 Å². The molecule has 6 aromatic rings. The maximum Gasteiger partial charge on any atom is 0.269 e. The molecule has 0 N–H and O–H groups in total. The summed E-state index contributed by atoms with van der Waals surface area (Å²) in [4.78, 5) is 27.4. The van der Waals surface area contributed by atoms with Crippen LogP contribution in [0.1, 0.15) is 197 Å². The van der Waals surface area contributed by atoms with E-state index in [0.29, 0.717) is 0 Å². The van der Waals surface area contributed by atoms with Crippen LogP contribution in [0.3, 0.4) is 0 Å². The van der Waals surface area contributed by atoms with Gasteiger partial charge < -0.3 is 9.80 Å². The van der Waals surface area contributed by atoms with Crippen LogP contribution in [-0.4, -0.2) is 36.0 Å². The average molecular weight is 1070 g/mol. The number of unbranched alkanes of at least 4 members (excludes halogenated alkanes) is 12. The molecule has 6 aromatic carbocycles. The number of non-ortho nitro benzene ring substituents is 2. The highest BCUT2D eigenvalue weighted by atomic mass is 16.6. The molecule has 0 atom stereocenters. The summed E-state index contributed by atoms with van der Waals surface area (Å²) in [5.41, 5.74) is 16.6. The molecule has 0 aliphatic heterocycles. The Hall–Kier alpha value is -7.32. The monoisotopic (exact) mass is 1070 g/mol. The zero-order valence-electron chi connectivity index (χ0n) is 48.6. The van der Waals surface area contributed by atoms with Gasteiger partial charge in [-0.15, -0.1) is 0 Å². The predicted octanol–water partition coefficient (Wildman–Crippen LogP) is 20.0. The maximum absolute atomic E-state index is 11.5. The van der Waals surface area contributed by atoms with Crippen molar-refractivity contribution in [2.24, 2.45) is 0 Å². The number of anilines is 2. The predicted molar refractivity (Wildman–Crippen MR) is 343 cm³/mol. The van der Waals surface area contributed by atoms with E-state index in [4.69, 9.17) is 0 Å². The number of hydrogen-bond acceptors (Lipinski definition) is 6. The third-order valence-electron chi connectivity index (χ3n) is 15.8. The molecule has 0 heterocycles. The van der Waals surface area contributed by atoms with E-state index in [1.807, 2.05) is 12.2 Å². The fourth-order valence-corrected chi connectivity index (χ4v) is 10.9. The van der Waals surface area contributed by atoms with E-state index in [2.05, 4.69) is 147 Å². The molecule has 8 heteroatoms. The minimum absolute atomic E-state index is 0.0692. The molecular weight excluding hydrogens is 985 g/mol. The number of hydrogen-bond donors (Lipinski definition) is 0. The third-order valence-corrected chi connectivity index (χ3v) is 15.8. The summed E-state index contributed by atoms with van der Waals surface area (Å²) in [6.07, 6.45) is 40.9. The SMILES string of the molecule is CCCCCCN(CCCCCC)c1ccc(/C=C/c2cc3c(/C=C/c4ccc(N(CCCCCC)CCCCCC)cc4)cc2CCc2cc(/C=C/c4ccc([N+](=O)[O-])cc4)c(cc2/C=C/c2ccc([N+](=O)[O-])cc2)CC3)cc1. The molecule has 80 heavy (non-hydrogen) atoms. The van der Waals surface area contributed by atoms with Crippen molar-refractivity contribution in [2.75, 3.05) is 36.0 Å². The lowest BCUT2D eigenvalue weighted by Gasteiger charge is -2.25. The maximum atomic E-state index is 11.5. The standard InChI is InChI=1S/C72H88N4O4/c1-5-9-13-17-49-73(50-18-14-10-6-2)69-41-25-57(26-42-69)21-33-61-53-66-38-40-68-56-63(35-23-59-29-45-71(46-30-59)75(77)78)67(55-64(68)36-24-60-31-47-72(48-32-60)76(79)80)39-37-65(61)54-62(66)34-22-58-27-43-70(44-28-58)74(51-19-15-11-7-3)52-20-16-12-8-4/h21-36,41-48,53-56H,5-20,37-40,49-52H2,1-4H3/b33-21+,34-22+,35-23+,36-24+. The Balaban J connectivity index is 1.24. The van der Waals surface area contributed by atoms with Crippen molar-refractivity contribution in [1.29, 1.82) is 0 Å². The number of nitrogens with zero attached hydrogens (tertiary/aromatic N) is 4. The zero-order valence-corrected chi connectivity index (χ0v) is 48.6. The third kappa shape index (κ3) is 18.9. The number of benzene rings is 6. The molecule has 0 aromatic heterocycles. The summed E-state index contributed by atoms with van der Waals surface area (Å²) < 4.78 is 0. The van der Waals surface area contributed by atoms with E-state index in [1.165, 1.54) is 159 Å². The highest BCUT2D eigenvalue weighted by molar-refractivity contribution is 5.79. The first-order valence-electron chi connectivity index (χ1n) is 30.4. The van der Waals surface area contributed by atoms with Crippen molar-refractivity contribution < 1.29 is 9.85 Å². The fourth-order valence-electron chi connectivity index (χ4n) is 10.9. The molecule has 0 saturated carbocycles. The second-order valence-corrected chi connectivity index (χ2v) is 21.9. The van der Waals surface area contributed by atoms with E-state index in [0.717, 1.165) is 74.1 Å². The Morgan fingerprint density at radius 3 is 0.800 bits per heavy atom. The van der Waals surface area contributed by atoms with Gasteiger partial charge in [0.05, 0.1) is 9.85 Å². The molecule has 0 saturated heterocycles. The van der Waals surface area contributed by atoms with Crippen LogP contribution in [0.15, 0.2) is 121 Å².